The number of aliphatic imine (C=N–C) groups is 1. The number of methoxy groups -OCH3 is 1. The number of nitrogens with zero attached hydrogens (tertiary/aromatic N) is 2. The van der Waals surface area contributed by atoms with Gasteiger partial charge in [0.05, 0.1) is 6.61 Å². The zero-order valence-corrected chi connectivity index (χ0v) is 15.4. The first-order valence-electron chi connectivity index (χ1n) is 8.45. The van der Waals surface area contributed by atoms with E-state index in [2.05, 4.69) is 45.0 Å². The molecule has 1 aromatic rings. The van der Waals surface area contributed by atoms with E-state index in [0.29, 0.717) is 5.92 Å². The molecule has 1 atom stereocenters. The summed E-state index contributed by atoms with van der Waals surface area (Å²) < 4.78 is 5.20. The minimum atomic E-state index is 0.498. The van der Waals surface area contributed by atoms with Crippen LogP contribution in [0.3, 0.4) is 0 Å². The molecule has 2 rings (SSSR count). The van der Waals surface area contributed by atoms with Crippen LogP contribution in [0.4, 0.5) is 0 Å². The second kappa shape index (κ2) is 9.90. The Bertz CT molecular complexity index is 459. The van der Waals surface area contributed by atoms with Crippen molar-refractivity contribution in [3.05, 3.63) is 22.4 Å². The number of ether oxygens (including phenoxy) is 1. The SMILES string of the molecule is CN=C(NCCN(CCOC)C1CC1)NCC(C)c1cccs1. The Labute approximate surface area is 144 Å². The van der Waals surface area contributed by atoms with Crippen LogP contribution in [0.5, 0.6) is 0 Å². The fourth-order valence-corrected chi connectivity index (χ4v) is 3.37. The summed E-state index contributed by atoms with van der Waals surface area (Å²) in [5.41, 5.74) is 0. The molecule has 0 aliphatic heterocycles. The summed E-state index contributed by atoms with van der Waals surface area (Å²) in [6.45, 7) is 6.91. The summed E-state index contributed by atoms with van der Waals surface area (Å²) in [7, 11) is 3.60. The van der Waals surface area contributed by atoms with Gasteiger partial charge in [-0.1, -0.05) is 13.0 Å². The summed E-state index contributed by atoms with van der Waals surface area (Å²) >= 11 is 1.81. The van der Waals surface area contributed by atoms with Crippen LogP contribution in [0.2, 0.25) is 0 Å². The largest absolute Gasteiger partial charge is 0.383 e. The Morgan fingerprint density at radius 2 is 2.26 bits per heavy atom. The molecular formula is C17H30N4OS. The molecule has 0 amide bonds. The smallest absolute Gasteiger partial charge is 0.191 e. The molecular weight excluding hydrogens is 308 g/mol. The van der Waals surface area contributed by atoms with Crippen LogP contribution in [0.1, 0.15) is 30.6 Å². The maximum atomic E-state index is 5.20. The highest BCUT2D eigenvalue weighted by atomic mass is 32.1. The number of hydrogen-bond donors (Lipinski definition) is 2. The second-order valence-electron chi connectivity index (χ2n) is 6.06. The van der Waals surface area contributed by atoms with Crippen LogP contribution in [-0.2, 0) is 4.74 Å². The lowest BCUT2D eigenvalue weighted by Gasteiger charge is -2.22. The Morgan fingerprint density at radius 1 is 1.43 bits per heavy atom. The second-order valence-corrected chi connectivity index (χ2v) is 7.04. The van der Waals surface area contributed by atoms with Gasteiger partial charge in [0.1, 0.15) is 0 Å². The third kappa shape index (κ3) is 6.49. The van der Waals surface area contributed by atoms with Crippen molar-refractivity contribution in [1.29, 1.82) is 0 Å². The fraction of sp³-hybridized carbons (Fsp3) is 0.706. The van der Waals surface area contributed by atoms with Crippen molar-refractivity contribution in [2.24, 2.45) is 4.99 Å². The lowest BCUT2D eigenvalue weighted by atomic mass is 10.1. The molecule has 1 aliphatic rings. The average molecular weight is 339 g/mol. The molecule has 1 heterocycles. The zero-order valence-electron chi connectivity index (χ0n) is 14.5. The van der Waals surface area contributed by atoms with Crippen molar-refractivity contribution in [2.75, 3.05) is 46.9 Å². The van der Waals surface area contributed by atoms with E-state index in [0.717, 1.165) is 44.8 Å². The summed E-state index contributed by atoms with van der Waals surface area (Å²) in [4.78, 5) is 8.24. The van der Waals surface area contributed by atoms with E-state index in [-0.39, 0.29) is 0 Å². The van der Waals surface area contributed by atoms with Gasteiger partial charge in [-0.15, -0.1) is 11.3 Å². The normalized spacial score (nSPS) is 16.6. The van der Waals surface area contributed by atoms with Gasteiger partial charge in [0.25, 0.3) is 0 Å². The van der Waals surface area contributed by atoms with Crippen molar-refractivity contribution in [1.82, 2.24) is 15.5 Å². The molecule has 2 N–H and O–H groups in total. The van der Waals surface area contributed by atoms with Crippen LogP contribution in [-0.4, -0.2) is 63.8 Å². The first-order valence-corrected chi connectivity index (χ1v) is 9.33. The van der Waals surface area contributed by atoms with E-state index < -0.39 is 0 Å². The van der Waals surface area contributed by atoms with Crippen LogP contribution in [0, 0.1) is 0 Å². The maximum Gasteiger partial charge on any atom is 0.191 e. The Morgan fingerprint density at radius 3 is 2.87 bits per heavy atom. The quantitative estimate of drug-likeness (QED) is 0.507. The van der Waals surface area contributed by atoms with Gasteiger partial charge >= 0.3 is 0 Å². The van der Waals surface area contributed by atoms with Gasteiger partial charge in [-0.25, -0.2) is 0 Å². The molecule has 130 valence electrons. The van der Waals surface area contributed by atoms with Gasteiger partial charge in [-0.05, 0) is 24.3 Å². The standard InChI is InChI=1S/C17H30N4OS/c1-14(16-5-4-12-23-16)13-20-17(18-2)19-8-9-21(10-11-22-3)15-6-7-15/h4-5,12,14-15H,6-11,13H2,1-3H3,(H2,18,19,20). The van der Waals surface area contributed by atoms with Gasteiger partial charge < -0.3 is 15.4 Å². The molecule has 0 radical (unpaired) electrons. The van der Waals surface area contributed by atoms with Crippen molar-refractivity contribution < 1.29 is 4.74 Å². The highest BCUT2D eigenvalue weighted by Gasteiger charge is 2.28. The number of guanidine groups is 1. The molecule has 5 nitrogen and oxygen atoms in total. The molecule has 23 heavy (non-hydrogen) atoms. The third-order valence-corrected chi connectivity index (χ3v) is 5.27. The predicted octanol–water partition coefficient (Wildman–Crippen LogP) is 2.13. The molecule has 1 unspecified atom stereocenters. The van der Waals surface area contributed by atoms with E-state index in [4.69, 9.17) is 4.74 Å². The Hall–Kier alpha value is -1.11. The molecule has 1 fully saturated rings. The average Bonchev–Trinajstić information content (AvgIpc) is 3.26. The van der Waals surface area contributed by atoms with Gasteiger partial charge in [0, 0.05) is 57.2 Å². The third-order valence-electron chi connectivity index (χ3n) is 4.17. The summed E-state index contributed by atoms with van der Waals surface area (Å²) in [6.07, 6.45) is 2.66. The molecule has 1 saturated carbocycles. The molecule has 0 aromatic carbocycles. The van der Waals surface area contributed by atoms with Gasteiger partial charge in [0.15, 0.2) is 5.96 Å². The fourth-order valence-electron chi connectivity index (χ4n) is 2.59. The highest BCUT2D eigenvalue weighted by molar-refractivity contribution is 7.10. The maximum absolute atomic E-state index is 5.20. The van der Waals surface area contributed by atoms with E-state index in [1.54, 1.807) is 7.11 Å². The van der Waals surface area contributed by atoms with E-state index in [1.807, 2.05) is 18.4 Å². The van der Waals surface area contributed by atoms with Crippen molar-refractivity contribution in [3.63, 3.8) is 0 Å². The molecule has 1 aliphatic carbocycles. The molecule has 0 saturated heterocycles. The van der Waals surface area contributed by atoms with E-state index in [9.17, 15) is 0 Å². The van der Waals surface area contributed by atoms with Crippen LogP contribution in [0.15, 0.2) is 22.5 Å². The van der Waals surface area contributed by atoms with Gasteiger partial charge in [-0.2, -0.15) is 0 Å². The Balaban J connectivity index is 1.66. The first-order chi connectivity index (χ1) is 11.2. The van der Waals surface area contributed by atoms with Gasteiger partial charge in [0.2, 0.25) is 0 Å². The van der Waals surface area contributed by atoms with E-state index >= 15 is 0 Å². The molecule has 6 heteroatoms. The zero-order chi connectivity index (χ0) is 16.5. The van der Waals surface area contributed by atoms with Crippen LogP contribution in [0.25, 0.3) is 0 Å². The summed E-state index contributed by atoms with van der Waals surface area (Å²) in [5, 5.41) is 8.97. The number of thiophene rings is 1. The number of hydrogen-bond acceptors (Lipinski definition) is 4. The number of nitrogens with one attached hydrogen (secondary N) is 2. The van der Waals surface area contributed by atoms with Crippen molar-refractivity contribution >= 4 is 17.3 Å². The van der Waals surface area contributed by atoms with Crippen molar-refractivity contribution in [3.8, 4) is 0 Å². The van der Waals surface area contributed by atoms with Crippen LogP contribution < -0.4 is 10.6 Å². The minimum absolute atomic E-state index is 0.498. The van der Waals surface area contributed by atoms with Crippen molar-refractivity contribution in [2.45, 2.75) is 31.7 Å². The lowest BCUT2D eigenvalue weighted by molar-refractivity contribution is 0.144. The number of rotatable bonds is 10. The Kier molecular flexibility index (Phi) is 7.85. The first kappa shape index (κ1) is 18.2. The van der Waals surface area contributed by atoms with Gasteiger partial charge in [-0.3, -0.25) is 9.89 Å². The monoisotopic (exact) mass is 338 g/mol. The van der Waals surface area contributed by atoms with E-state index in [1.165, 1.54) is 17.7 Å². The summed E-state index contributed by atoms with van der Waals surface area (Å²) in [6, 6.07) is 5.06. The molecule has 1 aromatic heterocycles. The summed E-state index contributed by atoms with van der Waals surface area (Å²) in [5.74, 6) is 1.38. The molecule has 0 spiro atoms. The topological polar surface area (TPSA) is 48.9 Å². The molecule has 0 bridgehead atoms. The van der Waals surface area contributed by atoms with Crippen LogP contribution >= 0.6 is 11.3 Å². The minimum Gasteiger partial charge on any atom is -0.383 e. The predicted molar refractivity (Wildman–Crippen MR) is 98.6 cm³/mol. The highest BCUT2D eigenvalue weighted by Crippen LogP contribution is 2.26. The lowest BCUT2D eigenvalue weighted by Crippen LogP contribution is -2.43.